The Hall–Kier alpha value is -2.10. The molecule has 1 aromatic carbocycles. The van der Waals surface area contributed by atoms with E-state index in [4.69, 9.17) is 4.74 Å². The van der Waals surface area contributed by atoms with Crippen molar-refractivity contribution in [3.05, 3.63) is 41.5 Å². The van der Waals surface area contributed by atoms with Crippen LogP contribution in [0.1, 0.15) is 18.9 Å². The first kappa shape index (κ1) is 11.0. The Morgan fingerprint density at radius 2 is 2.00 bits per heavy atom. The minimum absolute atomic E-state index is 0.176. The van der Waals surface area contributed by atoms with Crippen LogP contribution in [0.25, 0.3) is 0 Å². The van der Waals surface area contributed by atoms with Crippen LogP contribution in [0.15, 0.2) is 35.9 Å². The second-order valence-corrected chi connectivity index (χ2v) is 4.80. The summed E-state index contributed by atoms with van der Waals surface area (Å²) in [5.74, 6) is -0.623. The molecule has 92 valence electrons. The number of nitrogens with zero attached hydrogens (tertiary/aromatic N) is 1. The van der Waals surface area contributed by atoms with Crippen LogP contribution < -0.4 is 4.90 Å². The van der Waals surface area contributed by atoms with Gasteiger partial charge in [0.05, 0.1) is 5.69 Å². The van der Waals surface area contributed by atoms with E-state index >= 15 is 0 Å². The standard InChI is InChI=1S/C14H13NO3/c1-9-7-12(16)18-14(8-9)10-5-3-4-6-11(10)15(2)13(14)17/h3-7H,8H2,1-2H3. The molecule has 0 saturated carbocycles. The van der Waals surface area contributed by atoms with Crippen LogP contribution >= 0.6 is 0 Å². The molecular formula is C14H13NO3. The Labute approximate surface area is 105 Å². The maximum Gasteiger partial charge on any atom is 0.332 e. The number of carbonyl (C=O) groups is 2. The number of ether oxygens (including phenoxy) is 1. The molecule has 0 fully saturated rings. The van der Waals surface area contributed by atoms with Gasteiger partial charge in [-0.2, -0.15) is 0 Å². The summed E-state index contributed by atoms with van der Waals surface area (Å²) in [6.07, 6.45) is 1.87. The van der Waals surface area contributed by atoms with E-state index in [9.17, 15) is 9.59 Å². The molecule has 18 heavy (non-hydrogen) atoms. The zero-order chi connectivity index (χ0) is 12.9. The largest absolute Gasteiger partial charge is 0.440 e. The van der Waals surface area contributed by atoms with E-state index in [-0.39, 0.29) is 5.91 Å². The van der Waals surface area contributed by atoms with Crippen molar-refractivity contribution in [1.29, 1.82) is 0 Å². The van der Waals surface area contributed by atoms with Gasteiger partial charge in [0.15, 0.2) is 0 Å². The van der Waals surface area contributed by atoms with Gasteiger partial charge < -0.3 is 9.64 Å². The van der Waals surface area contributed by atoms with E-state index < -0.39 is 11.6 Å². The fourth-order valence-corrected chi connectivity index (χ4v) is 2.75. The van der Waals surface area contributed by atoms with Crippen LogP contribution in [0.2, 0.25) is 0 Å². The molecule has 0 aliphatic carbocycles. The molecule has 2 heterocycles. The number of carbonyl (C=O) groups excluding carboxylic acids is 2. The molecule has 1 atom stereocenters. The zero-order valence-electron chi connectivity index (χ0n) is 10.3. The summed E-state index contributed by atoms with van der Waals surface area (Å²) < 4.78 is 5.41. The van der Waals surface area contributed by atoms with Gasteiger partial charge in [-0.15, -0.1) is 0 Å². The van der Waals surface area contributed by atoms with E-state index in [1.807, 2.05) is 31.2 Å². The lowest BCUT2D eigenvalue weighted by Crippen LogP contribution is -2.44. The first-order valence-corrected chi connectivity index (χ1v) is 5.82. The number of para-hydroxylation sites is 1. The van der Waals surface area contributed by atoms with Crippen molar-refractivity contribution in [2.75, 3.05) is 11.9 Å². The minimum Gasteiger partial charge on any atom is -0.440 e. The maximum absolute atomic E-state index is 12.5. The molecule has 3 rings (SSSR count). The highest BCUT2D eigenvalue weighted by molar-refractivity contribution is 6.08. The van der Waals surface area contributed by atoms with E-state index in [0.717, 1.165) is 16.8 Å². The van der Waals surface area contributed by atoms with Gasteiger partial charge in [0.2, 0.25) is 5.60 Å². The number of anilines is 1. The van der Waals surface area contributed by atoms with Gasteiger partial charge in [-0.25, -0.2) is 4.79 Å². The van der Waals surface area contributed by atoms with Crippen molar-refractivity contribution < 1.29 is 14.3 Å². The third-order valence-electron chi connectivity index (χ3n) is 3.52. The predicted octanol–water partition coefficient (Wildman–Crippen LogP) is 1.75. The van der Waals surface area contributed by atoms with Gasteiger partial charge >= 0.3 is 5.97 Å². The summed E-state index contributed by atoms with van der Waals surface area (Å²) in [5.41, 5.74) is 1.30. The molecule has 1 aromatic rings. The predicted molar refractivity (Wildman–Crippen MR) is 66.0 cm³/mol. The third-order valence-corrected chi connectivity index (χ3v) is 3.52. The average molecular weight is 243 g/mol. The zero-order valence-corrected chi connectivity index (χ0v) is 10.3. The van der Waals surface area contributed by atoms with Crippen LogP contribution in [0, 0.1) is 0 Å². The van der Waals surface area contributed by atoms with Crippen LogP contribution in [0.3, 0.4) is 0 Å². The quantitative estimate of drug-likeness (QED) is 0.652. The van der Waals surface area contributed by atoms with E-state index in [1.165, 1.54) is 6.08 Å². The molecular weight excluding hydrogens is 230 g/mol. The smallest absolute Gasteiger partial charge is 0.332 e. The molecule has 2 aliphatic heterocycles. The second-order valence-electron chi connectivity index (χ2n) is 4.80. The SMILES string of the molecule is CC1=CC(=O)OC2(C1)C(=O)N(C)c1ccccc12. The molecule has 1 amide bonds. The van der Waals surface area contributed by atoms with Gasteiger partial charge in [0, 0.05) is 25.1 Å². The van der Waals surface area contributed by atoms with Crippen molar-refractivity contribution in [2.24, 2.45) is 0 Å². The molecule has 4 nitrogen and oxygen atoms in total. The summed E-state index contributed by atoms with van der Waals surface area (Å²) in [5, 5.41) is 0. The van der Waals surface area contributed by atoms with Crippen LogP contribution in [0.4, 0.5) is 5.69 Å². The lowest BCUT2D eigenvalue weighted by Gasteiger charge is -2.31. The molecule has 0 radical (unpaired) electrons. The highest BCUT2D eigenvalue weighted by atomic mass is 16.6. The molecule has 0 bridgehead atoms. The number of amides is 1. The summed E-state index contributed by atoms with van der Waals surface area (Å²) in [4.78, 5) is 25.6. The summed E-state index contributed by atoms with van der Waals surface area (Å²) in [6.45, 7) is 1.84. The number of fused-ring (bicyclic) bond motifs is 2. The summed E-state index contributed by atoms with van der Waals surface area (Å²) in [6, 6.07) is 7.44. The molecule has 1 unspecified atom stereocenters. The molecule has 4 heteroatoms. The van der Waals surface area contributed by atoms with E-state index in [0.29, 0.717) is 6.42 Å². The van der Waals surface area contributed by atoms with Crippen molar-refractivity contribution in [2.45, 2.75) is 18.9 Å². The van der Waals surface area contributed by atoms with Crippen LogP contribution in [0.5, 0.6) is 0 Å². The Morgan fingerprint density at radius 1 is 1.28 bits per heavy atom. The maximum atomic E-state index is 12.5. The normalized spacial score (nSPS) is 26.1. The number of hydrogen-bond donors (Lipinski definition) is 0. The fourth-order valence-electron chi connectivity index (χ4n) is 2.75. The van der Waals surface area contributed by atoms with Crippen LogP contribution in [-0.2, 0) is 19.9 Å². The highest BCUT2D eigenvalue weighted by Gasteiger charge is 2.54. The summed E-state index contributed by atoms with van der Waals surface area (Å²) in [7, 11) is 1.71. The Bertz CT molecular complexity index is 590. The molecule has 0 saturated heterocycles. The minimum atomic E-state index is -1.15. The van der Waals surface area contributed by atoms with Gasteiger partial charge in [0.1, 0.15) is 0 Å². The van der Waals surface area contributed by atoms with Gasteiger partial charge in [0.25, 0.3) is 5.91 Å². The first-order chi connectivity index (χ1) is 8.54. The first-order valence-electron chi connectivity index (χ1n) is 5.82. The Morgan fingerprint density at radius 3 is 2.72 bits per heavy atom. The number of rotatable bonds is 0. The third kappa shape index (κ3) is 1.26. The van der Waals surface area contributed by atoms with Crippen molar-refractivity contribution in [3.63, 3.8) is 0 Å². The topological polar surface area (TPSA) is 46.6 Å². The van der Waals surface area contributed by atoms with Crippen molar-refractivity contribution in [3.8, 4) is 0 Å². The molecule has 1 spiro atoms. The second kappa shape index (κ2) is 3.45. The lowest BCUT2D eigenvalue weighted by molar-refractivity contribution is -0.164. The Kier molecular flexibility index (Phi) is 2.11. The van der Waals surface area contributed by atoms with E-state index in [1.54, 1.807) is 11.9 Å². The van der Waals surface area contributed by atoms with Gasteiger partial charge in [-0.1, -0.05) is 23.8 Å². The van der Waals surface area contributed by atoms with Gasteiger partial charge in [-0.3, -0.25) is 4.79 Å². The Balaban J connectivity index is 2.21. The van der Waals surface area contributed by atoms with Crippen LogP contribution in [-0.4, -0.2) is 18.9 Å². The van der Waals surface area contributed by atoms with E-state index in [2.05, 4.69) is 0 Å². The fraction of sp³-hybridized carbons (Fsp3) is 0.286. The monoisotopic (exact) mass is 243 g/mol. The van der Waals surface area contributed by atoms with Gasteiger partial charge in [-0.05, 0) is 13.0 Å². The molecule has 0 N–H and O–H groups in total. The molecule has 2 aliphatic rings. The number of esters is 1. The number of benzene rings is 1. The molecule has 0 aromatic heterocycles. The lowest BCUT2D eigenvalue weighted by atomic mass is 9.86. The van der Waals surface area contributed by atoms with Crippen molar-refractivity contribution in [1.82, 2.24) is 0 Å². The summed E-state index contributed by atoms with van der Waals surface area (Å²) >= 11 is 0. The number of hydrogen-bond acceptors (Lipinski definition) is 3. The van der Waals surface area contributed by atoms with Crippen molar-refractivity contribution >= 4 is 17.6 Å². The highest BCUT2D eigenvalue weighted by Crippen LogP contribution is 2.47. The average Bonchev–Trinajstić information content (AvgIpc) is 2.52. The number of likely N-dealkylation sites (N-methyl/N-ethyl adjacent to an activating group) is 1.